The fourth-order valence-electron chi connectivity index (χ4n) is 1.45. The summed E-state index contributed by atoms with van der Waals surface area (Å²) in [5.41, 5.74) is -0.130. The molecule has 0 fully saturated rings. The molecule has 0 bridgehead atoms. The van der Waals surface area contributed by atoms with Crippen LogP contribution in [-0.4, -0.2) is 37.2 Å². The summed E-state index contributed by atoms with van der Waals surface area (Å²) in [6.45, 7) is 1.19. The molecule has 102 valence electrons. The van der Waals surface area contributed by atoms with Gasteiger partial charge in [0.15, 0.2) is 0 Å². The number of likely N-dealkylation sites (N-methyl/N-ethyl adjacent to an activating group) is 1. The van der Waals surface area contributed by atoms with Crippen molar-refractivity contribution in [2.24, 2.45) is 0 Å². The van der Waals surface area contributed by atoms with E-state index >= 15 is 0 Å². The van der Waals surface area contributed by atoms with E-state index in [1.165, 1.54) is 14.0 Å². The minimum absolute atomic E-state index is 0.109. The van der Waals surface area contributed by atoms with Crippen LogP contribution in [0.15, 0.2) is 18.2 Å². The third kappa shape index (κ3) is 3.47. The van der Waals surface area contributed by atoms with Gasteiger partial charge in [0, 0.05) is 25.2 Å². The SMILES string of the molecule is CCS(=O)(=O)N(C)CC(O)c1ccc(F)cc1F. The molecule has 1 aromatic rings. The van der Waals surface area contributed by atoms with Crippen molar-refractivity contribution >= 4 is 10.0 Å². The van der Waals surface area contributed by atoms with Crippen LogP contribution < -0.4 is 0 Å². The lowest BCUT2D eigenvalue weighted by atomic mass is 10.1. The number of hydrogen-bond donors (Lipinski definition) is 1. The molecule has 0 amide bonds. The number of rotatable bonds is 5. The third-order valence-electron chi connectivity index (χ3n) is 2.59. The highest BCUT2D eigenvalue weighted by Gasteiger charge is 2.21. The summed E-state index contributed by atoms with van der Waals surface area (Å²) in [5.74, 6) is -1.76. The second-order valence-electron chi connectivity index (χ2n) is 3.86. The molecule has 1 aromatic carbocycles. The van der Waals surface area contributed by atoms with Gasteiger partial charge in [-0.2, -0.15) is 0 Å². The Bertz CT molecular complexity index is 519. The van der Waals surface area contributed by atoms with Gasteiger partial charge in [0.05, 0.1) is 11.9 Å². The topological polar surface area (TPSA) is 57.6 Å². The Morgan fingerprint density at radius 1 is 1.39 bits per heavy atom. The summed E-state index contributed by atoms with van der Waals surface area (Å²) in [5, 5.41) is 9.75. The van der Waals surface area contributed by atoms with Crippen LogP contribution >= 0.6 is 0 Å². The molecule has 7 heteroatoms. The highest BCUT2D eigenvalue weighted by Crippen LogP contribution is 2.19. The van der Waals surface area contributed by atoms with Crippen LogP contribution in [0, 0.1) is 11.6 Å². The fourth-order valence-corrected chi connectivity index (χ4v) is 2.26. The van der Waals surface area contributed by atoms with E-state index in [1.54, 1.807) is 0 Å². The summed E-state index contributed by atoms with van der Waals surface area (Å²) in [4.78, 5) is 0. The average molecular weight is 279 g/mol. The van der Waals surface area contributed by atoms with Crippen molar-refractivity contribution in [2.45, 2.75) is 13.0 Å². The second-order valence-corrected chi connectivity index (χ2v) is 6.23. The molecule has 4 nitrogen and oxygen atoms in total. The molecule has 1 rings (SSSR count). The smallest absolute Gasteiger partial charge is 0.213 e. The standard InChI is InChI=1S/C11H15F2NO3S/c1-3-18(16,17)14(2)7-11(15)9-5-4-8(12)6-10(9)13/h4-6,11,15H,3,7H2,1-2H3. The lowest BCUT2D eigenvalue weighted by molar-refractivity contribution is 0.150. The van der Waals surface area contributed by atoms with Crippen molar-refractivity contribution in [3.8, 4) is 0 Å². The fraction of sp³-hybridized carbons (Fsp3) is 0.455. The first-order valence-electron chi connectivity index (χ1n) is 5.35. The van der Waals surface area contributed by atoms with Crippen LogP contribution in [0.25, 0.3) is 0 Å². The predicted octanol–water partition coefficient (Wildman–Crippen LogP) is 1.28. The molecule has 1 unspecified atom stereocenters. The van der Waals surface area contributed by atoms with E-state index in [0.717, 1.165) is 16.4 Å². The molecule has 0 spiro atoms. The molecular formula is C11H15F2NO3S. The number of nitrogens with zero attached hydrogens (tertiary/aromatic N) is 1. The van der Waals surface area contributed by atoms with Crippen LogP contribution in [-0.2, 0) is 10.0 Å². The van der Waals surface area contributed by atoms with Gasteiger partial charge in [-0.3, -0.25) is 0 Å². The quantitative estimate of drug-likeness (QED) is 0.883. The molecule has 0 radical (unpaired) electrons. The van der Waals surface area contributed by atoms with Gasteiger partial charge in [0.1, 0.15) is 11.6 Å². The van der Waals surface area contributed by atoms with Gasteiger partial charge in [0.2, 0.25) is 10.0 Å². The number of halogens is 2. The molecule has 0 saturated carbocycles. The first-order valence-corrected chi connectivity index (χ1v) is 6.96. The minimum atomic E-state index is -3.45. The molecule has 18 heavy (non-hydrogen) atoms. The zero-order chi connectivity index (χ0) is 13.9. The van der Waals surface area contributed by atoms with Gasteiger partial charge in [-0.05, 0) is 13.0 Å². The normalized spacial score (nSPS) is 13.9. The van der Waals surface area contributed by atoms with E-state index in [9.17, 15) is 22.3 Å². The Morgan fingerprint density at radius 2 is 2.00 bits per heavy atom. The van der Waals surface area contributed by atoms with Crippen LogP contribution in [0.4, 0.5) is 8.78 Å². The minimum Gasteiger partial charge on any atom is -0.387 e. The number of benzene rings is 1. The highest BCUT2D eigenvalue weighted by atomic mass is 32.2. The van der Waals surface area contributed by atoms with Crippen LogP contribution in [0.1, 0.15) is 18.6 Å². The Morgan fingerprint density at radius 3 is 2.50 bits per heavy atom. The number of aliphatic hydroxyl groups excluding tert-OH is 1. The maximum absolute atomic E-state index is 13.4. The Kier molecular flexibility index (Phi) is 4.78. The lowest BCUT2D eigenvalue weighted by Crippen LogP contribution is -2.32. The van der Waals surface area contributed by atoms with Crippen LogP contribution in [0.3, 0.4) is 0 Å². The van der Waals surface area contributed by atoms with Gasteiger partial charge in [-0.1, -0.05) is 6.07 Å². The van der Waals surface area contributed by atoms with E-state index in [2.05, 4.69) is 0 Å². The molecule has 0 aliphatic carbocycles. The summed E-state index contributed by atoms with van der Waals surface area (Å²) in [7, 11) is -2.15. The Balaban J connectivity index is 2.86. The zero-order valence-corrected chi connectivity index (χ0v) is 10.9. The van der Waals surface area contributed by atoms with E-state index in [-0.39, 0.29) is 17.9 Å². The van der Waals surface area contributed by atoms with E-state index in [1.807, 2.05) is 0 Å². The van der Waals surface area contributed by atoms with Crippen molar-refractivity contribution in [3.63, 3.8) is 0 Å². The molecule has 0 heterocycles. The maximum atomic E-state index is 13.4. The number of aliphatic hydroxyl groups is 1. The molecule has 1 N–H and O–H groups in total. The van der Waals surface area contributed by atoms with E-state index in [4.69, 9.17) is 0 Å². The maximum Gasteiger partial charge on any atom is 0.213 e. The van der Waals surface area contributed by atoms with Gasteiger partial charge in [0.25, 0.3) is 0 Å². The highest BCUT2D eigenvalue weighted by molar-refractivity contribution is 7.89. The molecular weight excluding hydrogens is 264 g/mol. The van der Waals surface area contributed by atoms with Crippen molar-refractivity contribution in [1.82, 2.24) is 4.31 Å². The van der Waals surface area contributed by atoms with Gasteiger partial charge >= 0.3 is 0 Å². The van der Waals surface area contributed by atoms with Crippen LogP contribution in [0.5, 0.6) is 0 Å². The summed E-state index contributed by atoms with van der Waals surface area (Å²) in [6, 6.07) is 2.75. The molecule has 0 saturated heterocycles. The summed E-state index contributed by atoms with van der Waals surface area (Å²) in [6.07, 6.45) is -1.34. The third-order valence-corrected chi connectivity index (χ3v) is 4.42. The Labute approximate surface area is 105 Å². The second kappa shape index (κ2) is 5.73. The first kappa shape index (κ1) is 15.0. The van der Waals surface area contributed by atoms with Crippen molar-refractivity contribution in [2.75, 3.05) is 19.3 Å². The van der Waals surface area contributed by atoms with E-state index < -0.39 is 27.8 Å². The van der Waals surface area contributed by atoms with Crippen molar-refractivity contribution < 1.29 is 22.3 Å². The monoisotopic (exact) mass is 279 g/mol. The zero-order valence-electron chi connectivity index (χ0n) is 10.1. The number of sulfonamides is 1. The van der Waals surface area contributed by atoms with Gasteiger partial charge < -0.3 is 5.11 Å². The largest absolute Gasteiger partial charge is 0.387 e. The van der Waals surface area contributed by atoms with Crippen molar-refractivity contribution in [3.05, 3.63) is 35.4 Å². The lowest BCUT2D eigenvalue weighted by Gasteiger charge is -2.20. The molecule has 0 aromatic heterocycles. The van der Waals surface area contributed by atoms with Gasteiger partial charge in [-0.25, -0.2) is 21.5 Å². The van der Waals surface area contributed by atoms with Crippen molar-refractivity contribution in [1.29, 1.82) is 0 Å². The molecule has 0 aliphatic rings. The summed E-state index contributed by atoms with van der Waals surface area (Å²) < 4.78 is 49.9. The molecule has 1 atom stereocenters. The average Bonchev–Trinajstić information content (AvgIpc) is 2.28. The van der Waals surface area contributed by atoms with E-state index in [0.29, 0.717) is 6.07 Å². The predicted molar refractivity (Wildman–Crippen MR) is 63.4 cm³/mol. The van der Waals surface area contributed by atoms with Crippen LogP contribution in [0.2, 0.25) is 0 Å². The molecule has 0 aliphatic heterocycles. The Hall–Kier alpha value is -1.05. The summed E-state index contributed by atoms with van der Waals surface area (Å²) >= 11 is 0. The first-order chi connectivity index (χ1) is 8.27. The number of hydrogen-bond acceptors (Lipinski definition) is 3. The van der Waals surface area contributed by atoms with Gasteiger partial charge in [-0.15, -0.1) is 0 Å².